The number of hydrogen-bond acceptors (Lipinski definition) is 3. The van der Waals surface area contributed by atoms with Crippen molar-refractivity contribution in [1.29, 1.82) is 0 Å². The van der Waals surface area contributed by atoms with Crippen LogP contribution in [0.25, 0.3) is 0 Å². The molecule has 1 fully saturated rings. The summed E-state index contributed by atoms with van der Waals surface area (Å²) in [5, 5.41) is 0. The van der Waals surface area contributed by atoms with Gasteiger partial charge in [0.15, 0.2) is 5.84 Å². The molecule has 0 saturated carbocycles. The Labute approximate surface area is 118 Å². The SMILES string of the molecule is O=S1(=O)N=C(N2CCCCC2CCl)c2ccccc21. The van der Waals surface area contributed by atoms with E-state index in [9.17, 15) is 8.42 Å². The van der Waals surface area contributed by atoms with Gasteiger partial charge in [-0.25, -0.2) is 0 Å². The molecule has 2 heterocycles. The summed E-state index contributed by atoms with van der Waals surface area (Å²) in [6.07, 6.45) is 3.18. The highest BCUT2D eigenvalue weighted by Crippen LogP contribution is 2.30. The lowest BCUT2D eigenvalue weighted by Gasteiger charge is -2.36. The number of halogens is 1. The Balaban J connectivity index is 2.06. The first kappa shape index (κ1) is 12.9. The van der Waals surface area contributed by atoms with Gasteiger partial charge in [-0.15, -0.1) is 16.0 Å². The summed E-state index contributed by atoms with van der Waals surface area (Å²) in [5.74, 6) is 1.07. The molecule has 0 radical (unpaired) electrons. The Morgan fingerprint density at radius 1 is 1.32 bits per heavy atom. The minimum Gasteiger partial charge on any atom is -0.351 e. The lowest BCUT2D eigenvalue weighted by Crippen LogP contribution is -2.44. The van der Waals surface area contributed by atoms with E-state index in [2.05, 4.69) is 9.30 Å². The zero-order valence-corrected chi connectivity index (χ0v) is 12.0. The molecule has 102 valence electrons. The quantitative estimate of drug-likeness (QED) is 0.747. The molecule has 0 bridgehead atoms. The maximum absolute atomic E-state index is 12.1. The van der Waals surface area contributed by atoms with E-state index in [0.717, 1.165) is 25.8 Å². The van der Waals surface area contributed by atoms with Crippen molar-refractivity contribution in [1.82, 2.24) is 4.90 Å². The molecular weight excluding hydrogens is 284 g/mol. The number of rotatable bonds is 1. The molecule has 2 aliphatic rings. The smallest absolute Gasteiger partial charge is 0.285 e. The summed E-state index contributed by atoms with van der Waals surface area (Å²) < 4.78 is 28.1. The minimum atomic E-state index is -3.53. The molecule has 0 spiro atoms. The number of benzene rings is 1. The van der Waals surface area contributed by atoms with E-state index in [0.29, 0.717) is 22.2 Å². The largest absolute Gasteiger partial charge is 0.351 e. The highest BCUT2D eigenvalue weighted by Gasteiger charge is 2.34. The van der Waals surface area contributed by atoms with Crippen molar-refractivity contribution < 1.29 is 8.42 Å². The molecule has 19 heavy (non-hydrogen) atoms. The highest BCUT2D eigenvalue weighted by molar-refractivity contribution is 7.90. The summed E-state index contributed by atoms with van der Waals surface area (Å²) >= 11 is 6.01. The molecule has 0 aliphatic carbocycles. The first-order valence-electron chi connectivity index (χ1n) is 6.40. The predicted octanol–water partition coefficient (Wildman–Crippen LogP) is 2.23. The zero-order valence-electron chi connectivity index (χ0n) is 10.4. The van der Waals surface area contributed by atoms with Crippen LogP contribution < -0.4 is 0 Å². The molecule has 4 nitrogen and oxygen atoms in total. The van der Waals surface area contributed by atoms with Gasteiger partial charge < -0.3 is 4.90 Å². The fourth-order valence-electron chi connectivity index (χ4n) is 2.74. The summed E-state index contributed by atoms with van der Waals surface area (Å²) in [7, 11) is -3.53. The first-order chi connectivity index (χ1) is 9.13. The second kappa shape index (κ2) is 4.80. The number of amidine groups is 1. The van der Waals surface area contributed by atoms with Gasteiger partial charge in [-0.05, 0) is 31.4 Å². The van der Waals surface area contributed by atoms with E-state index in [-0.39, 0.29) is 6.04 Å². The van der Waals surface area contributed by atoms with Gasteiger partial charge in [-0.2, -0.15) is 8.42 Å². The van der Waals surface area contributed by atoms with Gasteiger partial charge in [0.05, 0.1) is 0 Å². The predicted molar refractivity (Wildman–Crippen MR) is 75.2 cm³/mol. The van der Waals surface area contributed by atoms with Crippen molar-refractivity contribution in [3.8, 4) is 0 Å². The first-order valence-corrected chi connectivity index (χ1v) is 8.38. The lowest BCUT2D eigenvalue weighted by atomic mass is 10.0. The van der Waals surface area contributed by atoms with Crippen LogP contribution in [0.3, 0.4) is 0 Å². The van der Waals surface area contributed by atoms with Gasteiger partial charge in [-0.1, -0.05) is 12.1 Å². The fraction of sp³-hybridized carbons (Fsp3) is 0.462. The van der Waals surface area contributed by atoms with Crippen LogP contribution in [0.15, 0.2) is 33.6 Å². The lowest BCUT2D eigenvalue weighted by molar-refractivity contribution is 0.262. The van der Waals surface area contributed by atoms with Crippen molar-refractivity contribution in [2.24, 2.45) is 4.40 Å². The number of nitrogens with zero attached hydrogens (tertiary/aromatic N) is 2. The summed E-state index contributed by atoms with van der Waals surface area (Å²) in [6.45, 7) is 0.820. The van der Waals surface area contributed by atoms with Gasteiger partial charge in [0.1, 0.15) is 4.90 Å². The maximum Gasteiger partial charge on any atom is 0.285 e. The van der Waals surface area contributed by atoms with Gasteiger partial charge in [0.2, 0.25) is 0 Å². The second-order valence-electron chi connectivity index (χ2n) is 4.88. The van der Waals surface area contributed by atoms with Crippen molar-refractivity contribution >= 4 is 27.5 Å². The van der Waals surface area contributed by atoms with Crippen molar-refractivity contribution in [2.45, 2.75) is 30.2 Å². The molecule has 1 unspecified atom stereocenters. The summed E-state index contributed by atoms with van der Waals surface area (Å²) in [4.78, 5) is 2.36. The maximum atomic E-state index is 12.1. The molecule has 6 heteroatoms. The minimum absolute atomic E-state index is 0.176. The van der Waals surface area contributed by atoms with E-state index in [1.54, 1.807) is 12.1 Å². The third-order valence-corrected chi connectivity index (χ3v) is 5.37. The van der Waals surface area contributed by atoms with E-state index in [1.807, 2.05) is 12.1 Å². The van der Waals surface area contributed by atoms with Crippen molar-refractivity contribution in [3.05, 3.63) is 29.8 Å². The number of fused-ring (bicyclic) bond motifs is 1. The Morgan fingerprint density at radius 2 is 2.11 bits per heavy atom. The molecule has 2 aliphatic heterocycles. The number of alkyl halides is 1. The molecule has 0 N–H and O–H groups in total. The third kappa shape index (κ3) is 2.15. The van der Waals surface area contributed by atoms with Crippen LogP contribution >= 0.6 is 11.6 Å². The monoisotopic (exact) mass is 298 g/mol. The van der Waals surface area contributed by atoms with Gasteiger partial charge in [0, 0.05) is 24.0 Å². The molecule has 0 aromatic heterocycles. The van der Waals surface area contributed by atoms with E-state index >= 15 is 0 Å². The van der Waals surface area contributed by atoms with E-state index in [1.165, 1.54) is 0 Å². The summed E-state index contributed by atoms with van der Waals surface area (Å²) in [5.41, 5.74) is 0.708. The molecular formula is C13H15ClN2O2S. The topological polar surface area (TPSA) is 49.7 Å². The van der Waals surface area contributed by atoms with Crippen LogP contribution in [0.5, 0.6) is 0 Å². The number of hydrogen-bond donors (Lipinski definition) is 0. The second-order valence-corrected chi connectivity index (χ2v) is 6.76. The molecule has 1 aromatic rings. The number of likely N-dealkylation sites (tertiary alicyclic amines) is 1. The van der Waals surface area contributed by atoms with Crippen LogP contribution in [-0.4, -0.2) is 37.6 Å². The standard InChI is InChI=1S/C13H15ClN2O2S/c14-9-10-5-3-4-8-16(10)13-11-6-1-2-7-12(11)19(17,18)15-13/h1-2,6-7,10H,3-5,8-9H2. The number of piperidine rings is 1. The van der Waals surface area contributed by atoms with Crippen LogP contribution in [0, 0.1) is 0 Å². The fourth-order valence-corrected chi connectivity index (χ4v) is 4.27. The van der Waals surface area contributed by atoms with Crippen LogP contribution in [-0.2, 0) is 10.0 Å². The zero-order chi connectivity index (χ0) is 13.5. The average Bonchev–Trinajstić information content (AvgIpc) is 2.71. The molecule has 1 atom stereocenters. The Bertz CT molecular complexity index is 627. The van der Waals surface area contributed by atoms with Gasteiger partial charge in [0.25, 0.3) is 10.0 Å². The van der Waals surface area contributed by atoms with E-state index < -0.39 is 10.0 Å². The van der Waals surface area contributed by atoms with Crippen LogP contribution in [0.4, 0.5) is 0 Å². The Kier molecular flexibility index (Phi) is 3.27. The van der Waals surface area contributed by atoms with E-state index in [4.69, 9.17) is 11.6 Å². The number of sulfonamides is 1. The normalized spacial score (nSPS) is 25.0. The molecule has 0 amide bonds. The Hall–Kier alpha value is -1.07. The average molecular weight is 299 g/mol. The molecule has 1 aromatic carbocycles. The van der Waals surface area contributed by atoms with Crippen LogP contribution in [0.2, 0.25) is 0 Å². The van der Waals surface area contributed by atoms with Crippen molar-refractivity contribution in [3.63, 3.8) is 0 Å². The summed E-state index contributed by atoms with van der Waals surface area (Å²) in [6, 6.07) is 7.17. The molecule has 1 saturated heterocycles. The van der Waals surface area contributed by atoms with Crippen LogP contribution in [0.1, 0.15) is 24.8 Å². The highest BCUT2D eigenvalue weighted by atomic mass is 35.5. The Morgan fingerprint density at radius 3 is 2.89 bits per heavy atom. The third-order valence-electron chi connectivity index (χ3n) is 3.69. The van der Waals surface area contributed by atoms with Gasteiger partial charge >= 0.3 is 0 Å². The molecule has 3 rings (SSSR count). The van der Waals surface area contributed by atoms with Crippen molar-refractivity contribution in [2.75, 3.05) is 12.4 Å². The van der Waals surface area contributed by atoms with Gasteiger partial charge in [-0.3, -0.25) is 0 Å².